The van der Waals surface area contributed by atoms with Crippen molar-refractivity contribution in [3.63, 3.8) is 0 Å². The van der Waals surface area contributed by atoms with Crippen LogP contribution in [0.25, 0.3) is 0 Å². The summed E-state index contributed by atoms with van der Waals surface area (Å²) in [6.07, 6.45) is 2.23. The van der Waals surface area contributed by atoms with Crippen molar-refractivity contribution in [1.29, 1.82) is 0 Å². The van der Waals surface area contributed by atoms with Gasteiger partial charge in [0.1, 0.15) is 0 Å². The highest BCUT2D eigenvalue weighted by Crippen LogP contribution is 2.22. The molecule has 1 fully saturated rings. The lowest BCUT2D eigenvalue weighted by molar-refractivity contribution is -0.131. The van der Waals surface area contributed by atoms with E-state index >= 15 is 0 Å². The second-order valence-corrected chi connectivity index (χ2v) is 5.65. The van der Waals surface area contributed by atoms with Crippen LogP contribution >= 0.6 is 0 Å². The predicted molar refractivity (Wildman–Crippen MR) is 82.9 cm³/mol. The number of rotatable bonds is 7. The van der Waals surface area contributed by atoms with Crippen LogP contribution < -0.4 is 0 Å². The number of hydrogen-bond acceptors (Lipinski definition) is 3. The highest BCUT2D eigenvalue weighted by Gasteiger charge is 2.26. The van der Waals surface area contributed by atoms with Crippen LogP contribution in [0, 0.1) is 5.92 Å². The Morgan fingerprint density at radius 1 is 1.41 bits per heavy atom. The molecular weight excluding hydrogens is 282 g/mol. The first-order chi connectivity index (χ1) is 10.6. The summed E-state index contributed by atoms with van der Waals surface area (Å²) < 4.78 is 5.22. The van der Waals surface area contributed by atoms with E-state index in [0.29, 0.717) is 31.1 Å². The highest BCUT2D eigenvalue weighted by molar-refractivity contribution is 5.87. The topological polar surface area (TPSA) is 66.8 Å². The number of carbonyl (C=O) groups is 2. The maximum absolute atomic E-state index is 12.0. The maximum Gasteiger partial charge on any atom is 0.335 e. The van der Waals surface area contributed by atoms with E-state index in [9.17, 15) is 9.59 Å². The first-order valence-corrected chi connectivity index (χ1v) is 7.78. The van der Waals surface area contributed by atoms with Crippen molar-refractivity contribution in [3.05, 3.63) is 35.4 Å². The van der Waals surface area contributed by atoms with Crippen molar-refractivity contribution in [2.45, 2.75) is 26.2 Å². The molecule has 0 bridgehead atoms. The third-order valence-electron chi connectivity index (χ3n) is 4.00. The summed E-state index contributed by atoms with van der Waals surface area (Å²) in [5, 5.41) is 9.02. The summed E-state index contributed by atoms with van der Waals surface area (Å²) in [5.41, 5.74) is 1.34. The minimum atomic E-state index is -0.902. The second-order valence-electron chi connectivity index (χ2n) is 5.65. The molecule has 0 aromatic heterocycles. The zero-order valence-electron chi connectivity index (χ0n) is 13.0. The van der Waals surface area contributed by atoms with E-state index in [0.717, 1.165) is 31.5 Å². The van der Waals surface area contributed by atoms with Crippen LogP contribution in [0.5, 0.6) is 0 Å². The number of ether oxygens (including phenoxy) is 1. The van der Waals surface area contributed by atoms with Crippen molar-refractivity contribution in [1.82, 2.24) is 4.90 Å². The Morgan fingerprint density at radius 3 is 2.95 bits per heavy atom. The third-order valence-corrected chi connectivity index (χ3v) is 4.00. The standard InChI is InChI=1S/C17H23NO4/c1-2-22-9-7-16(19)18-8-6-14(12-18)10-13-4-3-5-15(11-13)17(20)21/h3-5,11,14H,2,6-10,12H2,1H3,(H,20,21)/t14-/m1/s1. The molecule has 1 atom stereocenters. The largest absolute Gasteiger partial charge is 0.478 e. The highest BCUT2D eigenvalue weighted by atomic mass is 16.5. The van der Waals surface area contributed by atoms with E-state index in [1.165, 1.54) is 0 Å². The van der Waals surface area contributed by atoms with Crippen molar-refractivity contribution in [2.75, 3.05) is 26.3 Å². The van der Waals surface area contributed by atoms with Crippen LogP contribution in [0.4, 0.5) is 0 Å². The normalized spacial score (nSPS) is 17.7. The summed E-state index contributed by atoms with van der Waals surface area (Å²) in [5.74, 6) is -0.351. The van der Waals surface area contributed by atoms with Gasteiger partial charge >= 0.3 is 5.97 Å². The molecule has 2 rings (SSSR count). The molecule has 1 aromatic rings. The monoisotopic (exact) mass is 305 g/mol. The summed E-state index contributed by atoms with van der Waals surface area (Å²) in [7, 11) is 0. The molecule has 1 saturated heterocycles. The lowest BCUT2D eigenvalue weighted by Crippen LogP contribution is -2.29. The molecule has 0 aliphatic carbocycles. The van der Waals surface area contributed by atoms with Crippen LogP contribution in [-0.2, 0) is 16.0 Å². The quantitative estimate of drug-likeness (QED) is 0.784. The number of carboxylic acid groups (broad SMARTS) is 1. The Bertz CT molecular complexity index is 529. The summed E-state index contributed by atoms with van der Waals surface area (Å²) in [6, 6.07) is 7.05. The van der Waals surface area contributed by atoms with Crippen molar-refractivity contribution < 1.29 is 19.4 Å². The van der Waals surface area contributed by atoms with E-state index in [4.69, 9.17) is 9.84 Å². The van der Waals surface area contributed by atoms with Crippen LogP contribution in [0.2, 0.25) is 0 Å². The van der Waals surface area contributed by atoms with Gasteiger partial charge in [0.15, 0.2) is 0 Å². The molecule has 1 heterocycles. The van der Waals surface area contributed by atoms with Gasteiger partial charge in [-0.1, -0.05) is 12.1 Å². The first-order valence-electron chi connectivity index (χ1n) is 7.78. The van der Waals surface area contributed by atoms with Crippen LogP contribution in [-0.4, -0.2) is 48.2 Å². The number of hydrogen-bond donors (Lipinski definition) is 1. The van der Waals surface area contributed by atoms with Gasteiger partial charge < -0.3 is 14.7 Å². The third kappa shape index (κ3) is 4.56. The Kier molecular flexibility index (Phi) is 5.95. The Labute approximate surface area is 130 Å². The molecule has 22 heavy (non-hydrogen) atoms. The number of nitrogens with zero attached hydrogens (tertiary/aromatic N) is 1. The van der Waals surface area contributed by atoms with Gasteiger partial charge in [-0.15, -0.1) is 0 Å². The average molecular weight is 305 g/mol. The molecule has 1 aliphatic rings. The van der Waals surface area contributed by atoms with E-state index in [2.05, 4.69) is 0 Å². The Hall–Kier alpha value is -1.88. The molecular formula is C17H23NO4. The first kappa shape index (κ1) is 16.5. The van der Waals surface area contributed by atoms with E-state index in [-0.39, 0.29) is 5.91 Å². The van der Waals surface area contributed by atoms with Gasteiger partial charge in [-0.2, -0.15) is 0 Å². The van der Waals surface area contributed by atoms with Crippen LogP contribution in [0.1, 0.15) is 35.7 Å². The van der Waals surface area contributed by atoms with Gasteiger partial charge in [0, 0.05) is 19.7 Å². The molecule has 1 amide bonds. The minimum absolute atomic E-state index is 0.148. The average Bonchev–Trinajstić information content (AvgIpc) is 2.96. The number of carboxylic acids is 1. The second kappa shape index (κ2) is 7.94. The number of carbonyl (C=O) groups excluding carboxylic acids is 1. The van der Waals surface area contributed by atoms with Gasteiger partial charge in [0.25, 0.3) is 0 Å². The fourth-order valence-corrected chi connectivity index (χ4v) is 2.85. The molecule has 1 aliphatic heterocycles. The van der Waals surface area contributed by atoms with Gasteiger partial charge in [-0.25, -0.2) is 4.79 Å². The van der Waals surface area contributed by atoms with Gasteiger partial charge in [0.05, 0.1) is 18.6 Å². The van der Waals surface area contributed by atoms with Crippen molar-refractivity contribution in [3.8, 4) is 0 Å². The van der Waals surface area contributed by atoms with Crippen LogP contribution in [0.15, 0.2) is 24.3 Å². The Balaban J connectivity index is 1.84. The number of amides is 1. The van der Waals surface area contributed by atoms with Crippen LogP contribution in [0.3, 0.4) is 0 Å². The van der Waals surface area contributed by atoms with E-state index in [1.807, 2.05) is 17.9 Å². The maximum atomic E-state index is 12.0. The van der Waals surface area contributed by atoms with Crippen molar-refractivity contribution >= 4 is 11.9 Å². The molecule has 0 spiro atoms. The molecule has 0 unspecified atom stereocenters. The minimum Gasteiger partial charge on any atom is -0.478 e. The fraction of sp³-hybridized carbons (Fsp3) is 0.529. The smallest absolute Gasteiger partial charge is 0.335 e. The lowest BCUT2D eigenvalue weighted by atomic mass is 9.97. The van der Waals surface area contributed by atoms with Crippen molar-refractivity contribution in [2.24, 2.45) is 5.92 Å². The van der Waals surface area contributed by atoms with Gasteiger partial charge in [-0.3, -0.25) is 4.79 Å². The molecule has 5 nitrogen and oxygen atoms in total. The molecule has 0 radical (unpaired) electrons. The lowest BCUT2D eigenvalue weighted by Gasteiger charge is -2.16. The predicted octanol–water partition coefficient (Wildman–Crippen LogP) is 2.20. The fourth-order valence-electron chi connectivity index (χ4n) is 2.85. The van der Waals surface area contributed by atoms with E-state index in [1.54, 1.807) is 18.2 Å². The molecule has 5 heteroatoms. The van der Waals surface area contributed by atoms with E-state index < -0.39 is 5.97 Å². The summed E-state index contributed by atoms with van der Waals surface area (Å²) >= 11 is 0. The number of aromatic carboxylic acids is 1. The van der Waals surface area contributed by atoms with Gasteiger partial charge in [0.2, 0.25) is 5.91 Å². The molecule has 120 valence electrons. The van der Waals surface area contributed by atoms with Gasteiger partial charge in [-0.05, 0) is 43.4 Å². The summed E-state index contributed by atoms with van der Waals surface area (Å²) in [4.78, 5) is 24.9. The SMILES string of the molecule is CCOCCC(=O)N1CC[C@H](Cc2cccc(C(=O)O)c2)C1. The molecule has 0 saturated carbocycles. The number of benzene rings is 1. The Morgan fingerprint density at radius 2 is 2.23 bits per heavy atom. The summed E-state index contributed by atoms with van der Waals surface area (Å²) in [6.45, 7) is 4.57. The zero-order chi connectivity index (χ0) is 15.9. The molecule has 1 aromatic carbocycles. The number of likely N-dealkylation sites (tertiary alicyclic amines) is 1. The molecule has 1 N–H and O–H groups in total. The zero-order valence-corrected chi connectivity index (χ0v) is 13.0.